The first-order chi connectivity index (χ1) is 14.2. The van der Waals surface area contributed by atoms with Crippen LogP contribution >= 0.6 is 0 Å². The van der Waals surface area contributed by atoms with Gasteiger partial charge in [-0.2, -0.15) is 17.7 Å². The van der Waals surface area contributed by atoms with E-state index in [1.165, 1.54) is 6.07 Å². The summed E-state index contributed by atoms with van der Waals surface area (Å²) in [5.41, 5.74) is 0.0525. The molecule has 0 aliphatic carbocycles. The largest absolute Gasteiger partial charge is 0.453 e. The third kappa shape index (κ3) is 4.07. The van der Waals surface area contributed by atoms with Crippen LogP contribution in [0.5, 0.6) is 0 Å². The Hall–Kier alpha value is -2.43. The number of piperidine rings is 2. The van der Waals surface area contributed by atoms with E-state index in [0.717, 1.165) is 30.4 Å². The molecular weight excluding hydrogens is 399 g/mol. The number of anilines is 1. The highest BCUT2D eigenvalue weighted by molar-refractivity contribution is 5.79. The van der Waals surface area contributed by atoms with Gasteiger partial charge in [0.25, 0.3) is 5.82 Å². The summed E-state index contributed by atoms with van der Waals surface area (Å²) in [6.07, 6.45) is -1.18. The van der Waals surface area contributed by atoms with Gasteiger partial charge in [-0.05, 0) is 51.9 Å². The molecule has 0 bridgehead atoms. The summed E-state index contributed by atoms with van der Waals surface area (Å²) >= 11 is 0. The molecule has 2 aliphatic heterocycles. The molecule has 0 aromatic carbocycles. The first-order valence-corrected chi connectivity index (χ1v) is 10.2. The van der Waals surface area contributed by atoms with Gasteiger partial charge >= 0.3 is 6.18 Å². The van der Waals surface area contributed by atoms with Crippen LogP contribution in [-0.2, 0) is 11.0 Å². The van der Waals surface area contributed by atoms with Gasteiger partial charge in [0, 0.05) is 38.1 Å². The van der Waals surface area contributed by atoms with Crippen LogP contribution in [-0.4, -0.2) is 81.8 Å². The van der Waals surface area contributed by atoms with Gasteiger partial charge in [-0.25, -0.2) is 0 Å². The van der Waals surface area contributed by atoms with Crippen molar-refractivity contribution in [2.75, 3.05) is 45.2 Å². The molecule has 4 rings (SSSR count). The zero-order valence-electron chi connectivity index (χ0n) is 17.1. The number of fused-ring (bicyclic) bond motifs is 1. The lowest BCUT2D eigenvalue weighted by Gasteiger charge is -2.39. The molecule has 30 heavy (non-hydrogen) atoms. The number of hydrogen-bond acceptors (Lipinski definition) is 6. The Morgan fingerprint density at radius 1 is 1.10 bits per heavy atom. The van der Waals surface area contributed by atoms with Crippen LogP contribution in [0.1, 0.15) is 31.5 Å². The maximum atomic E-state index is 13.1. The summed E-state index contributed by atoms with van der Waals surface area (Å²) in [6.45, 7) is 2.71. The van der Waals surface area contributed by atoms with E-state index in [1.807, 2.05) is 23.9 Å². The normalized spacial score (nSPS) is 21.6. The Bertz CT molecular complexity index is 905. The third-order valence-electron chi connectivity index (χ3n) is 6.11. The molecule has 2 fully saturated rings. The molecule has 1 amide bonds. The number of likely N-dealkylation sites (N-methyl/N-ethyl adjacent to an activating group) is 1. The lowest BCUT2D eigenvalue weighted by molar-refractivity contribution is -0.146. The van der Waals surface area contributed by atoms with Crippen LogP contribution in [0.2, 0.25) is 0 Å². The highest BCUT2D eigenvalue weighted by Gasteiger charge is 2.38. The van der Waals surface area contributed by atoms with E-state index in [1.54, 1.807) is 6.07 Å². The molecule has 2 aliphatic rings. The van der Waals surface area contributed by atoms with Crippen LogP contribution in [0.4, 0.5) is 19.0 Å². The van der Waals surface area contributed by atoms with Gasteiger partial charge in [0.1, 0.15) is 5.82 Å². The number of likely N-dealkylation sites (tertiary alicyclic amines) is 1. The number of alkyl halides is 3. The molecule has 8 nitrogen and oxygen atoms in total. The van der Waals surface area contributed by atoms with Gasteiger partial charge in [0.2, 0.25) is 5.91 Å². The van der Waals surface area contributed by atoms with Crippen molar-refractivity contribution in [3.63, 3.8) is 0 Å². The van der Waals surface area contributed by atoms with Crippen molar-refractivity contribution in [1.82, 2.24) is 29.6 Å². The van der Waals surface area contributed by atoms with Gasteiger partial charge in [-0.15, -0.1) is 15.3 Å². The Labute approximate surface area is 172 Å². The molecule has 2 saturated heterocycles. The average Bonchev–Trinajstić information content (AvgIpc) is 3.17. The van der Waals surface area contributed by atoms with E-state index in [0.29, 0.717) is 37.8 Å². The number of halogens is 3. The van der Waals surface area contributed by atoms with Crippen LogP contribution < -0.4 is 4.90 Å². The van der Waals surface area contributed by atoms with Crippen molar-refractivity contribution in [3.8, 4) is 0 Å². The summed E-state index contributed by atoms with van der Waals surface area (Å²) in [6, 6.07) is 3.53. The molecule has 1 atom stereocenters. The molecule has 0 N–H and O–H groups in total. The molecule has 4 heterocycles. The third-order valence-corrected chi connectivity index (χ3v) is 6.11. The second kappa shape index (κ2) is 8.01. The molecule has 164 valence electrons. The number of carbonyl (C=O) groups is 1. The number of carbonyl (C=O) groups excluding carboxylic acids is 1. The highest BCUT2D eigenvalue weighted by atomic mass is 19.4. The summed E-state index contributed by atoms with van der Waals surface area (Å²) in [5, 5.41) is 10.9. The topological polar surface area (TPSA) is 69.9 Å². The molecule has 11 heteroatoms. The SMILES string of the molecule is CN(C)C1CCCN(C(=O)C2CCN(c3ccc4nnc(C(F)(F)F)n4n3)CC2)C1. The number of amides is 1. The second-order valence-electron chi connectivity index (χ2n) is 8.29. The molecular formula is C19H26F3N7O. The number of rotatable bonds is 3. The summed E-state index contributed by atoms with van der Waals surface area (Å²) in [7, 11) is 4.09. The lowest BCUT2D eigenvalue weighted by Crippen LogP contribution is -2.50. The standard InChI is InChI=1S/C19H26F3N7O/c1-26(2)14-4-3-9-28(12-14)17(30)13-7-10-27(11-8-13)16-6-5-15-23-24-18(19(20,21)22)29(15)25-16/h5-6,13-14H,3-4,7-12H2,1-2H3. The van der Waals surface area contributed by atoms with Crippen molar-refractivity contribution < 1.29 is 18.0 Å². The number of aromatic nitrogens is 4. The monoisotopic (exact) mass is 425 g/mol. The minimum Gasteiger partial charge on any atom is -0.355 e. The van der Waals surface area contributed by atoms with Crippen molar-refractivity contribution in [2.45, 2.75) is 37.9 Å². The van der Waals surface area contributed by atoms with E-state index in [4.69, 9.17) is 0 Å². The van der Waals surface area contributed by atoms with E-state index in [-0.39, 0.29) is 17.5 Å². The minimum absolute atomic E-state index is 0.0495. The Morgan fingerprint density at radius 2 is 1.83 bits per heavy atom. The predicted octanol–water partition coefficient (Wildman–Crippen LogP) is 1.91. The van der Waals surface area contributed by atoms with Gasteiger partial charge in [0.05, 0.1) is 0 Å². The molecule has 0 spiro atoms. The fourth-order valence-corrected chi connectivity index (χ4v) is 4.31. The van der Waals surface area contributed by atoms with Crippen molar-refractivity contribution in [2.24, 2.45) is 5.92 Å². The van der Waals surface area contributed by atoms with Crippen LogP contribution in [0, 0.1) is 5.92 Å². The zero-order chi connectivity index (χ0) is 21.5. The van der Waals surface area contributed by atoms with Crippen molar-refractivity contribution in [3.05, 3.63) is 18.0 Å². The van der Waals surface area contributed by atoms with Crippen LogP contribution in [0.25, 0.3) is 5.65 Å². The summed E-state index contributed by atoms with van der Waals surface area (Å²) < 4.78 is 40.0. The van der Waals surface area contributed by atoms with E-state index < -0.39 is 12.0 Å². The number of hydrogen-bond donors (Lipinski definition) is 0. The summed E-state index contributed by atoms with van der Waals surface area (Å²) in [5.74, 6) is -0.552. The van der Waals surface area contributed by atoms with Crippen LogP contribution in [0.15, 0.2) is 12.1 Å². The Kier molecular flexibility index (Phi) is 5.56. The molecule has 2 aromatic heterocycles. The lowest BCUT2D eigenvalue weighted by atomic mass is 9.93. The van der Waals surface area contributed by atoms with Gasteiger partial charge < -0.3 is 14.7 Å². The minimum atomic E-state index is -4.62. The van der Waals surface area contributed by atoms with Gasteiger partial charge in [-0.3, -0.25) is 4.79 Å². The van der Waals surface area contributed by atoms with Crippen molar-refractivity contribution >= 4 is 17.4 Å². The molecule has 2 aromatic rings. The molecule has 0 radical (unpaired) electrons. The first-order valence-electron chi connectivity index (χ1n) is 10.2. The first kappa shape index (κ1) is 20.8. The predicted molar refractivity (Wildman–Crippen MR) is 104 cm³/mol. The summed E-state index contributed by atoms with van der Waals surface area (Å²) in [4.78, 5) is 19.1. The smallest absolute Gasteiger partial charge is 0.355 e. The molecule has 1 unspecified atom stereocenters. The van der Waals surface area contributed by atoms with E-state index in [9.17, 15) is 18.0 Å². The molecule has 0 saturated carbocycles. The van der Waals surface area contributed by atoms with E-state index in [2.05, 4.69) is 20.2 Å². The highest BCUT2D eigenvalue weighted by Crippen LogP contribution is 2.29. The maximum Gasteiger partial charge on any atom is 0.453 e. The maximum absolute atomic E-state index is 13.1. The quantitative estimate of drug-likeness (QED) is 0.748. The average molecular weight is 425 g/mol. The van der Waals surface area contributed by atoms with Gasteiger partial charge in [-0.1, -0.05) is 0 Å². The van der Waals surface area contributed by atoms with E-state index >= 15 is 0 Å². The van der Waals surface area contributed by atoms with Gasteiger partial charge in [0.15, 0.2) is 5.65 Å². The Balaban J connectivity index is 1.41. The second-order valence-corrected chi connectivity index (χ2v) is 8.29. The number of nitrogens with zero attached hydrogens (tertiary/aromatic N) is 7. The van der Waals surface area contributed by atoms with Crippen LogP contribution in [0.3, 0.4) is 0 Å². The fraction of sp³-hybridized carbons (Fsp3) is 0.684. The Morgan fingerprint density at radius 3 is 2.50 bits per heavy atom. The zero-order valence-corrected chi connectivity index (χ0v) is 17.1. The fourth-order valence-electron chi connectivity index (χ4n) is 4.31. The van der Waals surface area contributed by atoms with Crippen molar-refractivity contribution in [1.29, 1.82) is 0 Å².